The van der Waals surface area contributed by atoms with Crippen molar-refractivity contribution in [1.29, 1.82) is 0 Å². The summed E-state index contributed by atoms with van der Waals surface area (Å²) in [6.07, 6.45) is -0.479. The molecule has 0 saturated carbocycles. The van der Waals surface area contributed by atoms with Crippen LogP contribution in [0.3, 0.4) is 0 Å². The molecule has 1 fully saturated rings. The SMILES string of the molecule is CC(C)(C)[Si](C)(C)OC[C@H]1OC(=O)[C@H]([Si](C)(C)C)C1O[Si](C)(C)C(C)(C)C. The number of ether oxygens (including phenoxy) is 1. The Hall–Kier alpha value is 0.0406. The van der Waals surface area contributed by atoms with Crippen molar-refractivity contribution in [2.24, 2.45) is 0 Å². The topological polar surface area (TPSA) is 44.8 Å². The third-order valence-corrected chi connectivity index (χ3v) is 18.2. The van der Waals surface area contributed by atoms with Gasteiger partial charge in [0.25, 0.3) is 0 Å². The summed E-state index contributed by atoms with van der Waals surface area (Å²) in [7, 11) is -5.72. The molecule has 0 N–H and O–H groups in total. The number of rotatable bonds is 6. The largest absolute Gasteiger partial charge is 0.457 e. The second kappa shape index (κ2) is 7.70. The van der Waals surface area contributed by atoms with Crippen molar-refractivity contribution in [2.75, 3.05) is 6.61 Å². The molecule has 1 saturated heterocycles. The number of carbonyl (C=O) groups is 1. The van der Waals surface area contributed by atoms with E-state index < -0.39 is 24.7 Å². The zero-order valence-corrected chi connectivity index (χ0v) is 23.1. The molecule has 0 aromatic rings. The molecule has 1 aliphatic rings. The van der Waals surface area contributed by atoms with Gasteiger partial charge in [0.1, 0.15) is 6.10 Å². The fourth-order valence-electron chi connectivity index (χ4n) is 2.78. The Kier molecular flexibility index (Phi) is 7.15. The highest BCUT2D eigenvalue weighted by atomic mass is 28.4. The Labute approximate surface area is 171 Å². The Bertz CT molecular complexity index is 539. The van der Waals surface area contributed by atoms with Crippen molar-refractivity contribution in [3.05, 3.63) is 0 Å². The summed E-state index contributed by atoms with van der Waals surface area (Å²) < 4.78 is 19.1. The van der Waals surface area contributed by atoms with Crippen molar-refractivity contribution in [1.82, 2.24) is 0 Å². The van der Waals surface area contributed by atoms with Gasteiger partial charge < -0.3 is 13.6 Å². The number of hydrogen-bond donors (Lipinski definition) is 0. The molecule has 0 amide bonds. The molecule has 0 aromatic heterocycles. The summed E-state index contributed by atoms with van der Waals surface area (Å²) in [6, 6.07) is 0. The molecule has 160 valence electrons. The standard InChI is InChI=1S/C20H44O4Si3/c1-19(2,3)26(10,11)22-14-15-16(24-27(12,13)20(4,5)6)17(18(21)23-15)25(7,8)9/h15-17H,14H2,1-13H3/t15-,16?,17-/m1/s1. The maximum Gasteiger partial charge on any atom is 0.309 e. The van der Waals surface area contributed by atoms with E-state index in [1.807, 2.05) is 0 Å². The minimum atomic E-state index is -2.03. The van der Waals surface area contributed by atoms with E-state index in [4.69, 9.17) is 13.6 Å². The summed E-state index contributed by atoms with van der Waals surface area (Å²) >= 11 is 0. The minimum Gasteiger partial charge on any atom is -0.457 e. The number of cyclic esters (lactones) is 1. The first-order valence-corrected chi connectivity index (χ1v) is 19.6. The van der Waals surface area contributed by atoms with Gasteiger partial charge in [0.15, 0.2) is 16.6 Å². The van der Waals surface area contributed by atoms with Crippen LogP contribution in [0.25, 0.3) is 0 Å². The van der Waals surface area contributed by atoms with Gasteiger partial charge in [0.2, 0.25) is 0 Å². The van der Waals surface area contributed by atoms with Crippen molar-refractivity contribution < 1.29 is 18.4 Å². The van der Waals surface area contributed by atoms with E-state index in [0.29, 0.717) is 6.61 Å². The van der Waals surface area contributed by atoms with Gasteiger partial charge in [0.05, 0.1) is 26.3 Å². The van der Waals surface area contributed by atoms with Gasteiger partial charge in [-0.15, -0.1) is 0 Å². The Balaban J connectivity index is 3.13. The molecule has 1 aliphatic heterocycles. The lowest BCUT2D eigenvalue weighted by atomic mass is 10.2. The zero-order chi connectivity index (χ0) is 21.6. The lowest BCUT2D eigenvalue weighted by Gasteiger charge is -2.42. The third kappa shape index (κ3) is 5.78. The number of esters is 1. The van der Waals surface area contributed by atoms with Crippen molar-refractivity contribution >= 4 is 30.7 Å². The monoisotopic (exact) mass is 432 g/mol. The van der Waals surface area contributed by atoms with Gasteiger partial charge in [0, 0.05) is 0 Å². The van der Waals surface area contributed by atoms with Gasteiger partial charge in [-0.05, 0) is 36.3 Å². The quantitative estimate of drug-likeness (QED) is 0.379. The molecule has 1 rings (SSSR count). The highest BCUT2D eigenvalue weighted by Crippen LogP contribution is 2.45. The van der Waals surface area contributed by atoms with Crippen LogP contribution >= 0.6 is 0 Å². The highest BCUT2D eigenvalue weighted by Gasteiger charge is 2.55. The van der Waals surface area contributed by atoms with Gasteiger partial charge in [-0.2, -0.15) is 0 Å². The van der Waals surface area contributed by atoms with Crippen LogP contribution in [0.2, 0.25) is 61.4 Å². The highest BCUT2D eigenvalue weighted by molar-refractivity contribution is 6.81. The van der Waals surface area contributed by atoms with E-state index in [1.54, 1.807) is 0 Å². The van der Waals surface area contributed by atoms with E-state index in [9.17, 15) is 4.79 Å². The van der Waals surface area contributed by atoms with Crippen LogP contribution in [0.4, 0.5) is 0 Å². The molecule has 27 heavy (non-hydrogen) atoms. The number of hydrogen-bond acceptors (Lipinski definition) is 4. The Morgan fingerprint density at radius 3 is 1.67 bits per heavy atom. The molecule has 0 aromatic carbocycles. The van der Waals surface area contributed by atoms with Crippen molar-refractivity contribution in [3.63, 3.8) is 0 Å². The summed E-state index contributed by atoms with van der Waals surface area (Å²) in [5.74, 6) is -0.0818. The van der Waals surface area contributed by atoms with Crippen LogP contribution in [0.5, 0.6) is 0 Å². The van der Waals surface area contributed by atoms with Gasteiger partial charge in [-0.1, -0.05) is 61.2 Å². The predicted octanol–water partition coefficient (Wildman–Crippen LogP) is 6.03. The first-order valence-electron chi connectivity index (χ1n) is 10.2. The summed E-state index contributed by atoms with van der Waals surface area (Å²) in [6.45, 7) is 29.5. The normalized spacial score (nSPS) is 25.7. The maximum absolute atomic E-state index is 12.8. The number of carbonyl (C=O) groups excluding carboxylic acids is 1. The third-order valence-electron chi connectivity index (χ3n) is 6.80. The predicted molar refractivity (Wildman–Crippen MR) is 122 cm³/mol. The van der Waals surface area contributed by atoms with Crippen LogP contribution in [0.1, 0.15) is 41.5 Å². The summed E-state index contributed by atoms with van der Waals surface area (Å²) in [5, 5.41) is 0.219. The van der Waals surface area contributed by atoms with E-state index in [-0.39, 0.29) is 33.8 Å². The van der Waals surface area contributed by atoms with Gasteiger partial charge >= 0.3 is 5.97 Å². The zero-order valence-electron chi connectivity index (χ0n) is 20.1. The molecule has 0 bridgehead atoms. The van der Waals surface area contributed by atoms with Crippen molar-refractivity contribution in [2.45, 2.75) is 115 Å². The second-order valence-electron chi connectivity index (χ2n) is 12.2. The molecule has 0 radical (unpaired) electrons. The fraction of sp³-hybridized carbons (Fsp3) is 0.950. The first-order chi connectivity index (χ1) is 11.7. The first kappa shape index (κ1) is 25.1. The molecule has 7 heteroatoms. The molecule has 0 spiro atoms. The van der Waals surface area contributed by atoms with Crippen LogP contribution in [-0.4, -0.2) is 49.5 Å². The molecule has 1 unspecified atom stereocenters. The van der Waals surface area contributed by atoms with E-state index >= 15 is 0 Å². The maximum atomic E-state index is 12.8. The van der Waals surface area contributed by atoms with Gasteiger partial charge in [-0.3, -0.25) is 4.79 Å². The molecule has 3 atom stereocenters. The van der Waals surface area contributed by atoms with E-state index in [0.717, 1.165) is 0 Å². The molecule has 1 heterocycles. The van der Waals surface area contributed by atoms with E-state index in [2.05, 4.69) is 87.4 Å². The van der Waals surface area contributed by atoms with E-state index in [1.165, 1.54) is 0 Å². The summed E-state index contributed by atoms with van der Waals surface area (Å²) in [4.78, 5) is 12.8. The van der Waals surface area contributed by atoms with Crippen LogP contribution in [-0.2, 0) is 18.4 Å². The van der Waals surface area contributed by atoms with Gasteiger partial charge in [-0.25, -0.2) is 0 Å². The molecule has 4 nitrogen and oxygen atoms in total. The van der Waals surface area contributed by atoms with Crippen LogP contribution < -0.4 is 0 Å². The molecule has 0 aliphatic carbocycles. The Morgan fingerprint density at radius 1 is 0.852 bits per heavy atom. The lowest BCUT2D eigenvalue weighted by molar-refractivity contribution is -0.143. The van der Waals surface area contributed by atoms with Crippen molar-refractivity contribution in [3.8, 4) is 0 Å². The Morgan fingerprint density at radius 2 is 1.30 bits per heavy atom. The fourth-order valence-corrected chi connectivity index (χ4v) is 7.30. The van der Waals surface area contributed by atoms with Crippen LogP contribution in [0.15, 0.2) is 0 Å². The average molecular weight is 433 g/mol. The molecular formula is C20H44O4Si3. The van der Waals surface area contributed by atoms with Crippen LogP contribution in [0, 0.1) is 0 Å². The molecular weight excluding hydrogens is 388 g/mol. The average Bonchev–Trinajstić information content (AvgIpc) is 2.68. The summed E-state index contributed by atoms with van der Waals surface area (Å²) in [5.41, 5.74) is -0.125. The smallest absolute Gasteiger partial charge is 0.309 e. The minimum absolute atomic E-state index is 0.0818. The second-order valence-corrected chi connectivity index (χ2v) is 27.2. The lowest BCUT2D eigenvalue weighted by Crippen LogP contribution is -2.51.